The summed E-state index contributed by atoms with van der Waals surface area (Å²) < 4.78 is 2.36. The lowest BCUT2D eigenvalue weighted by atomic mass is 9.87. The number of nitrogens with zero attached hydrogens (tertiary/aromatic N) is 1. The number of rotatable bonds is 5. The van der Waals surface area contributed by atoms with E-state index in [1.165, 1.54) is 54.7 Å². The van der Waals surface area contributed by atoms with E-state index in [-0.39, 0.29) is 5.54 Å². The fourth-order valence-corrected chi connectivity index (χ4v) is 3.49. The Kier molecular flexibility index (Phi) is 3.79. The Labute approximate surface area is 128 Å². The van der Waals surface area contributed by atoms with Crippen molar-refractivity contribution in [1.29, 1.82) is 0 Å². The molecule has 0 aliphatic carbocycles. The second kappa shape index (κ2) is 5.59. The third-order valence-corrected chi connectivity index (χ3v) is 4.76. The van der Waals surface area contributed by atoms with Gasteiger partial charge >= 0.3 is 0 Å². The van der Waals surface area contributed by atoms with Crippen LogP contribution < -0.4 is 5.32 Å². The van der Waals surface area contributed by atoms with Crippen molar-refractivity contribution >= 4 is 5.69 Å². The van der Waals surface area contributed by atoms with Gasteiger partial charge in [0.1, 0.15) is 0 Å². The zero-order valence-electron chi connectivity index (χ0n) is 13.4. The van der Waals surface area contributed by atoms with E-state index in [0.29, 0.717) is 0 Å². The average molecular weight is 282 g/mol. The summed E-state index contributed by atoms with van der Waals surface area (Å²) in [6.45, 7) is 6.81. The number of nitrogens with one attached hydrogen (secondary N) is 1. The van der Waals surface area contributed by atoms with E-state index >= 15 is 0 Å². The number of aromatic nitrogens is 1. The Morgan fingerprint density at radius 1 is 1.10 bits per heavy atom. The number of hydrogen-bond donors (Lipinski definition) is 1. The maximum Gasteiger partial charge on any atom is 0.0751 e. The van der Waals surface area contributed by atoms with Crippen LogP contribution in [-0.4, -0.2) is 4.57 Å². The first-order valence-corrected chi connectivity index (χ1v) is 8.22. The van der Waals surface area contributed by atoms with Gasteiger partial charge in [0.05, 0.1) is 16.9 Å². The highest BCUT2D eigenvalue weighted by Crippen LogP contribution is 2.41. The Morgan fingerprint density at radius 3 is 2.76 bits per heavy atom. The second-order valence-electron chi connectivity index (χ2n) is 6.50. The molecule has 2 heteroatoms. The van der Waals surface area contributed by atoms with Crippen LogP contribution in [-0.2, 0) is 5.54 Å². The first kappa shape index (κ1) is 14.2. The van der Waals surface area contributed by atoms with Crippen LogP contribution in [0.1, 0.15) is 57.2 Å². The average Bonchev–Trinajstić information content (AvgIpc) is 2.96. The van der Waals surface area contributed by atoms with Crippen molar-refractivity contribution in [2.75, 3.05) is 5.32 Å². The SMILES string of the molecule is CCCCCCC1(C)Nc2c(C)cccc2-n2cccc21. The molecule has 1 N–H and O–H groups in total. The zero-order chi connectivity index (χ0) is 14.9. The van der Waals surface area contributed by atoms with Crippen molar-refractivity contribution < 1.29 is 0 Å². The molecule has 1 aromatic carbocycles. The maximum atomic E-state index is 3.84. The summed E-state index contributed by atoms with van der Waals surface area (Å²) in [4.78, 5) is 0. The minimum atomic E-state index is 0.0381. The number of para-hydroxylation sites is 1. The number of aryl methyl sites for hydroxylation is 1. The third-order valence-electron chi connectivity index (χ3n) is 4.76. The quantitative estimate of drug-likeness (QED) is 0.727. The van der Waals surface area contributed by atoms with Crippen molar-refractivity contribution in [1.82, 2.24) is 4.57 Å². The summed E-state index contributed by atoms with van der Waals surface area (Å²) in [7, 11) is 0. The minimum Gasteiger partial charge on any atom is -0.372 e. The van der Waals surface area contributed by atoms with Crippen LogP contribution in [0.3, 0.4) is 0 Å². The lowest BCUT2D eigenvalue weighted by molar-refractivity contribution is 0.435. The maximum absolute atomic E-state index is 3.84. The highest BCUT2D eigenvalue weighted by Gasteiger charge is 2.34. The van der Waals surface area contributed by atoms with Crippen molar-refractivity contribution in [3.8, 4) is 5.69 Å². The second-order valence-corrected chi connectivity index (χ2v) is 6.50. The smallest absolute Gasteiger partial charge is 0.0751 e. The van der Waals surface area contributed by atoms with Gasteiger partial charge in [-0.1, -0.05) is 44.7 Å². The Hall–Kier alpha value is -1.70. The molecule has 1 aromatic heterocycles. The molecule has 0 bridgehead atoms. The molecule has 1 unspecified atom stereocenters. The monoisotopic (exact) mass is 282 g/mol. The number of unbranched alkanes of at least 4 members (excludes halogenated alkanes) is 3. The van der Waals surface area contributed by atoms with Crippen LogP contribution in [0.25, 0.3) is 5.69 Å². The molecule has 0 amide bonds. The van der Waals surface area contributed by atoms with E-state index in [1.54, 1.807) is 0 Å². The summed E-state index contributed by atoms with van der Waals surface area (Å²) >= 11 is 0. The van der Waals surface area contributed by atoms with Gasteiger partial charge in [-0.3, -0.25) is 0 Å². The predicted molar refractivity (Wildman–Crippen MR) is 90.2 cm³/mol. The van der Waals surface area contributed by atoms with E-state index in [2.05, 4.69) is 67.2 Å². The van der Waals surface area contributed by atoms with Crippen LogP contribution in [0.15, 0.2) is 36.5 Å². The molecule has 3 rings (SSSR count). The first-order valence-electron chi connectivity index (χ1n) is 8.22. The third kappa shape index (κ3) is 2.48. The van der Waals surface area contributed by atoms with Crippen molar-refractivity contribution in [3.05, 3.63) is 47.8 Å². The van der Waals surface area contributed by atoms with E-state index in [1.807, 2.05) is 0 Å². The van der Waals surface area contributed by atoms with E-state index in [9.17, 15) is 0 Å². The molecule has 0 fully saturated rings. The molecule has 0 radical (unpaired) electrons. The minimum absolute atomic E-state index is 0.0381. The normalized spacial score (nSPS) is 19.8. The fraction of sp³-hybridized carbons (Fsp3) is 0.474. The van der Waals surface area contributed by atoms with E-state index in [0.717, 1.165) is 0 Å². The molecular formula is C19H26N2. The van der Waals surface area contributed by atoms with Crippen molar-refractivity contribution in [3.63, 3.8) is 0 Å². The molecule has 2 nitrogen and oxygen atoms in total. The number of hydrogen-bond acceptors (Lipinski definition) is 1. The molecule has 2 heterocycles. The van der Waals surface area contributed by atoms with Crippen LogP contribution in [0.4, 0.5) is 5.69 Å². The molecule has 0 saturated carbocycles. The molecule has 1 aliphatic rings. The van der Waals surface area contributed by atoms with Crippen LogP contribution in [0.5, 0.6) is 0 Å². The van der Waals surface area contributed by atoms with Gasteiger partial charge in [0.25, 0.3) is 0 Å². The molecule has 1 aliphatic heterocycles. The standard InChI is InChI=1S/C19H26N2/c1-4-5-6-7-13-19(3)17-12-9-14-21(17)16-11-8-10-15(2)18(16)20-19/h8-12,14,20H,4-7,13H2,1-3H3. The molecule has 21 heavy (non-hydrogen) atoms. The molecule has 112 valence electrons. The predicted octanol–water partition coefficient (Wildman–Crippen LogP) is 5.40. The fourth-order valence-electron chi connectivity index (χ4n) is 3.49. The summed E-state index contributed by atoms with van der Waals surface area (Å²) in [5, 5.41) is 3.84. The zero-order valence-corrected chi connectivity index (χ0v) is 13.4. The first-order chi connectivity index (χ1) is 10.2. The van der Waals surface area contributed by atoms with Gasteiger partial charge in [-0.15, -0.1) is 0 Å². The van der Waals surface area contributed by atoms with Gasteiger partial charge in [-0.2, -0.15) is 0 Å². The van der Waals surface area contributed by atoms with Crippen LogP contribution in [0.2, 0.25) is 0 Å². The summed E-state index contributed by atoms with van der Waals surface area (Å²) in [5.41, 5.74) is 5.32. The topological polar surface area (TPSA) is 17.0 Å². The van der Waals surface area contributed by atoms with Gasteiger partial charge in [0.2, 0.25) is 0 Å². The van der Waals surface area contributed by atoms with Crippen molar-refractivity contribution in [2.45, 2.75) is 58.4 Å². The van der Waals surface area contributed by atoms with Gasteiger partial charge in [-0.05, 0) is 44.0 Å². The number of anilines is 1. The van der Waals surface area contributed by atoms with Gasteiger partial charge in [0.15, 0.2) is 0 Å². The van der Waals surface area contributed by atoms with Crippen molar-refractivity contribution in [2.24, 2.45) is 0 Å². The molecule has 0 saturated heterocycles. The summed E-state index contributed by atoms with van der Waals surface area (Å²) in [5.74, 6) is 0. The Bertz CT molecular complexity index is 626. The molecular weight excluding hydrogens is 256 g/mol. The largest absolute Gasteiger partial charge is 0.372 e. The van der Waals surface area contributed by atoms with Crippen LogP contribution in [0, 0.1) is 6.92 Å². The molecule has 2 aromatic rings. The van der Waals surface area contributed by atoms with E-state index in [4.69, 9.17) is 0 Å². The van der Waals surface area contributed by atoms with Gasteiger partial charge in [0, 0.05) is 11.9 Å². The highest BCUT2D eigenvalue weighted by molar-refractivity contribution is 5.70. The highest BCUT2D eigenvalue weighted by atomic mass is 15.1. The lowest BCUT2D eigenvalue weighted by Crippen LogP contribution is -2.38. The Morgan fingerprint density at radius 2 is 1.95 bits per heavy atom. The Balaban J connectivity index is 1.93. The van der Waals surface area contributed by atoms with Gasteiger partial charge in [-0.25, -0.2) is 0 Å². The van der Waals surface area contributed by atoms with E-state index < -0.39 is 0 Å². The summed E-state index contributed by atoms with van der Waals surface area (Å²) in [6.07, 6.45) is 8.62. The number of benzene rings is 1. The molecule has 1 atom stereocenters. The van der Waals surface area contributed by atoms with Crippen LogP contribution >= 0.6 is 0 Å². The number of fused-ring (bicyclic) bond motifs is 3. The molecule has 0 spiro atoms. The van der Waals surface area contributed by atoms with Gasteiger partial charge < -0.3 is 9.88 Å². The summed E-state index contributed by atoms with van der Waals surface area (Å²) in [6, 6.07) is 11.0. The lowest BCUT2D eigenvalue weighted by Gasteiger charge is -2.39.